The topological polar surface area (TPSA) is 83.7 Å². The van der Waals surface area contributed by atoms with Gasteiger partial charge in [0.1, 0.15) is 4.90 Å². The Hall–Kier alpha value is -0.570. The second kappa shape index (κ2) is 6.97. The quantitative estimate of drug-likeness (QED) is 0.816. The van der Waals surface area contributed by atoms with Gasteiger partial charge in [0, 0.05) is 26.2 Å². The van der Waals surface area contributed by atoms with Crippen molar-refractivity contribution in [3.8, 4) is 0 Å². The van der Waals surface area contributed by atoms with Gasteiger partial charge in [0.25, 0.3) is 0 Å². The van der Waals surface area contributed by atoms with Crippen LogP contribution in [0, 0.1) is 0 Å². The Morgan fingerprint density at radius 3 is 2.04 bits per heavy atom. The largest absolute Gasteiger partial charge is 0.338 e. The molecule has 1 aromatic carbocycles. The van der Waals surface area contributed by atoms with Gasteiger partial charge >= 0.3 is 0 Å². The monoisotopic (exact) mass is 413 g/mol. The summed E-state index contributed by atoms with van der Waals surface area (Å²) < 4.78 is 26.8. The molecule has 1 aromatic rings. The molecule has 1 amide bonds. The van der Waals surface area contributed by atoms with Crippen LogP contribution in [0.4, 0.5) is 0 Å². The minimum atomic E-state index is -3.79. The van der Waals surface area contributed by atoms with Crippen molar-refractivity contribution in [2.45, 2.75) is 23.3 Å². The molecule has 1 aliphatic heterocycles. The van der Waals surface area contributed by atoms with E-state index in [0.717, 1.165) is 0 Å². The molecule has 0 unspecified atom stereocenters. The number of nitrogens with two attached hydrogens (primary N) is 1. The number of nitrogens with zero attached hydrogens (tertiary/aromatic N) is 2. The second-order valence-electron chi connectivity index (χ2n) is 5.90. The lowest BCUT2D eigenvalue weighted by atomic mass is 10.2. The highest BCUT2D eigenvalue weighted by molar-refractivity contribution is 7.89. The van der Waals surface area contributed by atoms with Gasteiger partial charge < -0.3 is 10.6 Å². The van der Waals surface area contributed by atoms with Gasteiger partial charge in [-0.25, -0.2) is 8.42 Å². The van der Waals surface area contributed by atoms with Gasteiger partial charge in [-0.15, -0.1) is 12.4 Å². The number of sulfonamides is 1. The van der Waals surface area contributed by atoms with Crippen molar-refractivity contribution in [2.75, 3.05) is 26.2 Å². The number of benzene rings is 1. The molecule has 1 heterocycles. The third kappa shape index (κ3) is 3.52. The van der Waals surface area contributed by atoms with E-state index in [1.54, 1.807) is 11.0 Å². The fraction of sp³-hybridized carbons (Fsp3) is 0.500. The SMILES string of the molecule is Cl.NC1(C(=O)N2CCN(S(=O)(=O)c3c(Cl)cccc3Cl)CC2)CC1. The Kier molecular flexibility index (Phi) is 5.74. The number of piperazine rings is 1. The Morgan fingerprint density at radius 1 is 1.08 bits per heavy atom. The van der Waals surface area contributed by atoms with Crippen molar-refractivity contribution in [1.82, 2.24) is 9.21 Å². The first-order valence-corrected chi connectivity index (χ1v) is 9.48. The van der Waals surface area contributed by atoms with Crippen LogP contribution in [0.1, 0.15) is 12.8 Å². The van der Waals surface area contributed by atoms with Gasteiger partial charge in [-0.2, -0.15) is 4.31 Å². The summed E-state index contributed by atoms with van der Waals surface area (Å²) in [6.07, 6.45) is 1.39. The van der Waals surface area contributed by atoms with Gasteiger partial charge in [0.05, 0.1) is 15.6 Å². The van der Waals surface area contributed by atoms with Crippen LogP contribution in [0.2, 0.25) is 10.0 Å². The molecule has 0 bridgehead atoms. The maximum absolute atomic E-state index is 12.7. The minimum Gasteiger partial charge on any atom is -0.338 e. The van der Waals surface area contributed by atoms with E-state index in [4.69, 9.17) is 28.9 Å². The van der Waals surface area contributed by atoms with E-state index in [9.17, 15) is 13.2 Å². The van der Waals surface area contributed by atoms with Crippen LogP contribution in [0.3, 0.4) is 0 Å². The molecule has 1 aliphatic carbocycles. The lowest BCUT2D eigenvalue weighted by molar-refractivity contribution is -0.134. The molecule has 2 fully saturated rings. The van der Waals surface area contributed by atoms with Crippen LogP contribution in [0.15, 0.2) is 23.1 Å². The van der Waals surface area contributed by atoms with E-state index in [-0.39, 0.29) is 46.3 Å². The molecule has 0 aromatic heterocycles. The van der Waals surface area contributed by atoms with Crippen molar-refractivity contribution >= 4 is 51.5 Å². The van der Waals surface area contributed by atoms with Gasteiger partial charge in [-0.3, -0.25) is 4.79 Å². The Labute approximate surface area is 157 Å². The lowest BCUT2D eigenvalue weighted by Crippen LogP contribution is -2.55. The van der Waals surface area contributed by atoms with Crippen molar-refractivity contribution in [3.63, 3.8) is 0 Å². The number of halogens is 3. The molecule has 2 N–H and O–H groups in total. The van der Waals surface area contributed by atoms with Gasteiger partial charge in [0.2, 0.25) is 15.9 Å². The fourth-order valence-corrected chi connectivity index (χ4v) is 5.17. The number of rotatable bonds is 3. The number of hydrogen-bond acceptors (Lipinski definition) is 4. The highest BCUT2D eigenvalue weighted by Gasteiger charge is 2.48. The number of hydrogen-bond donors (Lipinski definition) is 1. The van der Waals surface area contributed by atoms with Crippen LogP contribution in [0.5, 0.6) is 0 Å². The molecule has 134 valence electrons. The third-order valence-corrected chi connectivity index (χ3v) is 7.11. The normalized spacial score (nSPS) is 20.4. The summed E-state index contributed by atoms with van der Waals surface area (Å²) >= 11 is 12.0. The summed E-state index contributed by atoms with van der Waals surface area (Å²) in [6.45, 7) is 1.04. The van der Waals surface area contributed by atoms with Gasteiger partial charge in [0.15, 0.2) is 0 Å². The zero-order valence-corrected chi connectivity index (χ0v) is 15.9. The zero-order valence-electron chi connectivity index (χ0n) is 12.7. The average Bonchev–Trinajstić information content (AvgIpc) is 3.25. The highest BCUT2D eigenvalue weighted by Crippen LogP contribution is 2.35. The smallest absolute Gasteiger partial charge is 0.246 e. The number of carbonyl (C=O) groups excluding carboxylic acids is 1. The first kappa shape index (κ1) is 19.8. The molecule has 2 aliphatic rings. The maximum atomic E-state index is 12.7. The predicted octanol–water partition coefficient (Wildman–Crippen LogP) is 1.74. The molecular formula is C14H18Cl3N3O3S. The number of carbonyl (C=O) groups is 1. The second-order valence-corrected chi connectivity index (χ2v) is 8.59. The van der Waals surface area contributed by atoms with E-state index in [2.05, 4.69) is 0 Å². The summed E-state index contributed by atoms with van der Waals surface area (Å²) in [5, 5.41) is 0.185. The van der Waals surface area contributed by atoms with Crippen LogP contribution in [0.25, 0.3) is 0 Å². The molecule has 1 saturated heterocycles. The van der Waals surface area contributed by atoms with Crippen LogP contribution in [-0.2, 0) is 14.8 Å². The summed E-state index contributed by atoms with van der Waals surface area (Å²) in [5.74, 6) is -0.0923. The van der Waals surface area contributed by atoms with Gasteiger partial charge in [-0.1, -0.05) is 29.3 Å². The summed E-state index contributed by atoms with van der Waals surface area (Å²) in [7, 11) is -3.79. The highest BCUT2D eigenvalue weighted by atomic mass is 35.5. The van der Waals surface area contributed by atoms with Crippen LogP contribution < -0.4 is 5.73 Å². The van der Waals surface area contributed by atoms with Crippen molar-refractivity contribution < 1.29 is 13.2 Å². The first-order chi connectivity index (χ1) is 10.8. The Balaban J connectivity index is 0.00000208. The van der Waals surface area contributed by atoms with E-state index >= 15 is 0 Å². The van der Waals surface area contributed by atoms with E-state index in [1.807, 2.05) is 0 Å². The number of amides is 1. The summed E-state index contributed by atoms with van der Waals surface area (Å²) in [5.41, 5.74) is 5.19. The van der Waals surface area contributed by atoms with Crippen molar-refractivity contribution in [1.29, 1.82) is 0 Å². The molecule has 10 heteroatoms. The Bertz CT molecular complexity index is 725. The standard InChI is InChI=1S/C14H17Cl2N3O3S.ClH/c15-10-2-1-3-11(16)12(10)23(21,22)19-8-6-18(7-9-19)13(20)14(17)4-5-14;/h1-3H,4-9,17H2;1H. The predicted molar refractivity (Wildman–Crippen MR) is 95.2 cm³/mol. The lowest BCUT2D eigenvalue weighted by Gasteiger charge is -2.35. The minimum absolute atomic E-state index is 0. The van der Waals surface area contributed by atoms with Crippen molar-refractivity contribution in [2.24, 2.45) is 5.73 Å². The average molecular weight is 415 g/mol. The van der Waals surface area contributed by atoms with Crippen LogP contribution in [-0.4, -0.2) is 55.2 Å². The van der Waals surface area contributed by atoms with E-state index < -0.39 is 15.6 Å². The molecule has 0 spiro atoms. The van der Waals surface area contributed by atoms with Gasteiger partial charge in [-0.05, 0) is 25.0 Å². The first-order valence-electron chi connectivity index (χ1n) is 7.28. The van der Waals surface area contributed by atoms with E-state index in [0.29, 0.717) is 25.9 Å². The molecule has 24 heavy (non-hydrogen) atoms. The molecular weight excluding hydrogens is 397 g/mol. The molecule has 0 radical (unpaired) electrons. The molecule has 3 rings (SSSR count). The summed E-state index contributed by atoms with van der Waals surface area (Å²) in [6, 6.07) is 4.58. The van der Waals surface area contributed by atoms with E-state index in [1.165, 1.54) is 16.4 Å². The molecule has 6 nitrogen and oxygen atoms in total. The fourth-order valence-electron chi connectivity index (χ4n) is 2.65. The maximum Gasteiger partial charge on any atom is 0.246 e. The molecule has 0 atom stereocenters. The Morgan fingerprint density at radius 2 is 1.58 bits per heavy atom. The van der Waals surface area contributed by atoms with Crippen molar-refractivity contribution in [3.05, 3.63) is 28.2 Å². The third-order valence-electron chi connectivity index (χ3n) is 4.26. The zero-order chi connectivity index (χ0) is 16.8. The van der Waals surface area contributed by atoms with Crippen LogP contribution >= 0.6 is 35.6 Å². The molecule has 1 saturated carbocycles. The summed E-state index contributed by atoms with van der Waals surface area (Å²) in [4.78, 5) is 13.8.